The lowest BCUT2D eigenvalue weighted by atomic mass is 10.1. The maximum absolute atomic E-state index is 11.2. The minimum absolute atomic E-state index is 0.0896. The molecule has 17 heavy (non-hydrogen) atoms. The third-order valence-corrected chi connectivity index (χ3v) is 3.01. The van der Waals surface area contributed by atoms with E-state index in [1.54, 1.807) is 6.20 Å². The fraction of sp³-hybridized carbons (Fsp3) is 0.231. The first kappa shape index (κ1) is 10.1. The molecule has 0 radical (unpaired) electrons. The Hall–Kier alpha value is -2.10. The predicted molar refractivity (Wildman–Crippen MR) is 64.7 cm³/mol. The summed E-state index contributed by atoms with van der Waals surface area (Å²) in [5.74, 6) is 0.0896. The number of anilines is 1. The van der Waals surface area contributed by atoms with E-state index in [1.165, 1.54) is 5.56 Å². The second-order valence-corrected chi connectivity index (χ2v) is 4.27. The normalized spacial score (nSPS) is 13.5. The Morgan fingerprint density at radius 1 is 1.41 bits per heavy atom. The summed E-state index contributed by atoms with van der Waals surface area (Å²) in [6, 6.07) is 6.18. The number of benzene rings is 1. The van der Waals surface area contributed by atoms with Crippen molar-refractivity contribution in [2.45, 2.75) is 19.4 Å². The number of nitrogens with zero attached hydrogens (tertiary/aromatic N) is 2. The van der Waals surface area contributed by atoms with Crippen molar-refractivity contribution in [3.63, 3.8) is 0 Å². The van der Waals surface area contributed by atoms with Gasteiger partial charge in [0.05, 0.1) is 12.7 Å². The van der Waals surface area contributed by atoms with Gasteiger partial charge in [-0.2, -0.15) is 0 Å². The maximum Gasteiger partial charge on any atom is 0.228 e. The van der Waals surface area contributed by atoms with E-state index in [4.69, 9.17) is 0 Å². The molecule has 4 heteroatoms. The highest BCUT2D eigenvalue weighted by atomic mass is 16.1. The number of aryl methyl sites for hydroxylation is 2. The molecule has 1 aliphatic heterocycles. The topological polar surface area (TPSA) is 46.9 Å². The number of imidazole rings is 1. The van der Waals surface area contributed by atoms with Gasteiger partial charge in [0, 0.05) is 24.6 Å². The van der Waals surface area contributed by atoms with Crippen molar-refractivity contribution in [3.8, 4) is 0 Å². The zero-order valence-electron chi connectivity index (χ0n) is 9.39. The molecular weight excluding hydrogens is 214 g/mol. The molecule has 2 heterocycles. The average molecular weight is 227 g/mol. The van der Waals surface area contributed by atoms with E-state index in [0.717, 1.165) is 24.2 Å². The molecule has 1 aromatic heterocycles. The van der Waals surface area contributed by atoms with Gasteiger partial charge in [0.15, 0.2) is 0 Å². The van der Waals surface area contributed by atoms with Crippen LogP contribution in [-0.4, -0.2) is 15.5 Å². The van der Waals surface area contributed by atoms with Gasteiger partial charge in [-0.25, -0.2) is 4.98 Å². The first-order chi connectivity index (χ1) is 8.31. The smallest absolute Gasteiger partial charge is 0.228 e. The van der Waals surface area contributed by atoms with Crippen LogP contribution in [0.25, 0.3) is 0 Å². The number of hydrogen-bond acceptors (Lipinski definition) is 2. The number of hydrogen-bond donors (Lipinski definition) is 1. The Bertz CT molecular complexity index is 546. The highest BCUT2D eigenvalue weighted by molar-refractivity contribution is 5.99. The molecule has 1 aliphatic rings. The van der Waals surface area contributed by atoms with Gasteiger partial charge in [-0.3, -0.25) is 4.79 Å². The van der Waals surface area contributed by atoms with Crippen molar-refractivity contribution < 1.29 is 4.79 Å². The summed E-state index contributed by atoms with van der Waals surface area (Å²) in [6.45, 7) is 0.917. The van der Waals surface area contributed by atoms with Crippen molar-refractivity contribution in [1.29, 1.82) is 0 Å². The Morgan fingerprint density at radius 2 is 2.35 bits per heavy atom. The van der Waals surface area contributed by atoms with Gasteiger partial charge in [0.2, 0.25) is 5.91 Å². The van der Waals surface area contributed by atoms with Crippen LogP contribution in [0.3, 0.4) is 0 Å². The van der Waals surface area contributed by atoms with Crippen LogP contribution in [0.2, 0.25) is 0 Å². The third kappa shape index (κ3) is 2.06. The van der Waals surface area contributed by atoms with E-state index in [2.05, 4.69) is 27.0 Å². The van der Waals surface area contributed by atoms with E-state index >= 15 is 0 Å². The summed E-state index contributed by atoms with van der Waals surface area (Å²) >= 11 is 0. The Morgan fingerprint density at radius 3 is 3.18 bits per heavy atom. The molecule has 0 fully saturated rings. The molecule has 2 aromatic rings. The first-order valence-corrected chi connectivity index (χ1v) is 5.69. The molecular formula is C13H13N3O. The molecule has 0 aliphatic carbocycles. The van der Waals surface area contributed by atoms with Gasteiger partial charge in [-0.1, -0.05) is 12.1 Å². The Balaban J connectivity index is 1.73. The molecule has 0 spiro atoms. The summed E-state index contributed by atoms with van der Waals surface area (Å²) in [7, 11) is 0. The predicted octanol–water partition coefficient (Wildman–Crippen LogP) is 1.62. The summed E-state index contributed by atoms with van der Waals surface area (Å²) in [4.78, 5) is 15.2. The lowest BCUT2D eigenvalue weighted by Gasteiger charge is -2.05. The number of nitrogens with one attached hydrogen (secondary N) is 1. The average Bonchev–Trinajstić information content (AvgIpc) is 2.92. The van der Waals surface area contributed by atoms with Crippen LogP contribution in [0.15, 0.2) is 36.9 Å². The van der Waals surface area contributed by atoms with E-state index in [9.17, 15) is 4.79 Å². The first-order valence-electron chi connectivity index (χ1n) is 5.69. The Kier molecular flexibility index (Phi) is 2.40. The molecule has 0 saturated heterocycles. The van der Waals surface area contributed by atoms with Crippen LogP contribution < -0.4 is 5.32 Å². The standard InChI is InChI=1S/C13H13N3O/c17-13-8-11-7-10(1-2-12(11)15-13)3-5-16-6-4-14-9-16/h1-2,4,6-7,9H,3,5,8H2,(H,15,17). The van der Waals surface area contributed by atoms with Crippen LogP contribution in [0.5, 0.6) is 0 Å². The zero-order chi connectivity index (χ0) is 11.7. The highest BCUT2D eigenvalue weighted by Gasteiger charge is 2.17. The monoisotopic (exact) mass is 227 g/mol. The van der Waals surface area contributed by atoms with Crippen molar-refractivity contribution in [3.05, 3.63) is 48.0 Å². The van der Waals surface area contributed by atoms with Crippen LogP contribution in [0, 0.1) is 0 Å². The number of rotatable bonds is 3. The summed E-state index contributed by atoms with van der Waals surface area (Å²) in [5, 5.41) is 2.84. The molecule has 0 atom stereocenters. The fourth-order valence-electron chi connectivity index (χ4n) is 2.12. The number of aromatic nitrogens is 2. The lowest BCUT2D eigenvalue weighted by molar-refractivity contribution is -0.115. The van der Waals surface area contributed by atoms with Gasteiger partial charge in [-0.15, -0.1) is 0 Å². The number of fused-ring (bicyclic) bond motifs is 1. The second kappa shape index (κ2) is 4.05. The van der Waals surface area contributed by atoms with Crippen LogP contribution >= 0.6 is 0 Å². The van der Waals surface area contributed by atoms with E-state index in [-0.39, 0.29) is 5.91 Å². The zero-order valence-corrected chi connectivity index (χ0v) is 9.39. The van der Waals surface area contributed by atoms with E-state index in [0.29, 0.717) is 6.42 Å². The molecule has 1 amide bonds. The second-order valence-electron chi connectivity index (χ2n) is 4.27. The number of amides is 1. The quantitative estimate of drug-likeness (QED) is 0.866. The van der Waals surface area contributed by atoms with Gasteiger partial charge < -0.3 is 9.88 Å². The van der Waals surface area contributed by atoms with Gasteiger partial charge >= 0.3 is 0 Å². The minimum Gasteiger partial charge on any atom is -0.337 e. The van der Waals surface area contributed by atoms with Gasteiger partial charge in [-0.05, 0) is 23.6 Å². The molecule has 1 N–H and O–H groups in total. The summed E-state index contributed by atoms with van der Waals surface area (Å²) < 4.78 is 2.05. The van der Waals surface area contributed by atoms with Crippen molar-refractivity contribution in [2.75, 3.05) is 5.32 Å². The number of carbonyl (C=O) groups is 1. The SMILES string of the molecule is O=C1Cc2cc(CCn3ccnc3)ccc2N1. The van der Waals surface area contributed by atoms with Crippen molar-refractivity contribution in [2.24, 2.45) is 0 Å². The maximum atomic E-state index is 11.2. The van der Waals surface area contributed by atoms with E-state index in [1.807, 2.05) is 18.6 Å². The molecule has 3 rings (SSSR count). The van der Waals surface area contributed by atoms with Gasteiger partial charge in [0.1, 0.15) is 0 Å². The van der Waals surface area contributed by atoms with Crippen LogP contribution in [0.4, 0.5) is 5.69 Å². The molecule has 0 unspecified atom stereocenters. The highest BCUT2D eigenvalue weighted by Crippen LogP contribution is 2.24. The summed E-state index contributed by atoms with van der Waals surface area (Å²) in [6.07, 6.45) is 7.02. The fourth-order valence-corrected chi connectivity index (χ4v) is 2.12. The van der Waals surface area contributed by atoms with Gasteiger partial charge in [0.25, 0.3) is 0 Å². The van der Waals surface area contributed by atoms with E-state index < -0.39 is 0 Å². The minimum atomic E-state index is 0.0896. The van der Waals surface area contributed by atoms with Crippen LogP contribution in [-0.2, 0) is 24.2 Å². The van der Waals surface area contributed by atoms with Crippen molar-refractivity contribution >= 4 is 11.6 Å². The molecule has 0 saturated carbocycles. The molecule has 0 bridgehead atoms. The molecule has 4 nitrogen and oxygen atoms in total. The summed E-state index contributed by atoms with van der Waals surface area (Å²) in [5.41, 5.74) is 3.33. The number of carbonyl (C=O) groups excluding carboxylic acids is 1. The molecule has 1 aromatic carbocycles. The van der Waals surface area contributed by atoms with Crippen LogP contribution in [0.1, 0.15) is 11.1 Å². The third-order valence-electron chi connectivity index (χ3n) is 3.01. The van der Waals surface area contributed by atoms with Crippen molar-refractivity contribution in [1.82, 2.24) is 9.55 Å². The Labute approximate surface area is 99.3 Å². The largest absolute Gasteiger partial charge is 0.337 e. The molecule has 86 valence electrons. The lowest BCUT2D eigenvalue weighted by Crippen LogP contribution is -2.03.